The molecule has 0 N–H and O–H groups in total. The molecule has 0 saturated heterocycles. The number of methoxy groups -OCH3 is 2. The average Bonchev–Trinajstić information content (AvgIpc) is 3.00. The molecule has 1 atom stereocenters. The van der Waals surface area contributed by atoms with Gasteiger partial charge >= 0.3 is 0 Å². The fraction of sp³-hybridized carbons (Fsp3) is 0.455. The van der Waals surface area contributed by atoms with Crippen LogP contribution in [-0.2, 0) is 11.2 Å². The maximum absolute atomic E-state index is 5.42. The van der Waals surface area contributed by atoms with E-state index in [0.717, 1.165) is 46.4 Å². The summed E-state index contributed by atoms with van der Waals surface area (Å²) in [6.45, 7) is 9.24. The standard InChI is InChI=1S/C22H29N3O2/c1-7-16(13-26-5)25-12-15(4)22-19(25)11-14(3)21(24-22)17-9-10-20(27-6)23-18(17)8-2/h9-12,16H,7-8,13H2,1-6H3/t16-/m1/s1. The normalized spacial score (nSPS) is 12.5. The second kappa shape index (κ2) is 8.09. The first-order valence-electron chi connectivity index (χ1n) is 9.55. The molecule has 5 heteroatoms. The van der Waals surface area contributed by atoms with Gasteiger partial charge in [-0.25, -0.2) is 9.97 Å². The zero-order chi connectivity index (χ0) is 19.6. The first-order chi connectivity index (χ1) is 13.0. The lowest BCUT2D eigenvalue weighted by Crippen LogP contribution is -2.13. The zero-order valence-corrected chi connectivity index (χ0v) is 17.2. The molecule has 0 radical (unpaired) electrons. The molecule has 27 heavy (non-hydrogen) atoms. The van der Waals surface area contributed by atoms with Crippen LogP contribution in [0.15, 0.2) is 24.4 Å². The van der Waals surface area contributed by atoms with Crippen LogP contribution in [0.3, 0.4) is 0 Å². The van der Waals surface area contributed by atoms with Crippen molar-refractivity contribution >= 4 is 11.0 Å². The van der Waals surface area contributed by atoms with E-state index in [2.05, 4.69) is 55.6 Å². The molecule has 3 rings (SSSR count). The van der Waals surface area contributed by atoms with Crippen molar-refractivity contribution in [3.05, 3.63) is 41.2 Å². The highest BCUT2D eigenvalue weighted by atomic mass is 16.5. The average molecular weight is 367 g/mol. The van der Waals surface area contributed by atoms with Gasteiger partial charge in [-0.05, 0) is 49.9 Å². The molecule has 0 saturated carbocycles. The monoisotopic (exact) mass is 367 g/mol. The van der Waals surface area contributed by atoms with Crippen LogP contribution in [0.5, 0.6) is 5.88 Å². The summed E-state index contributed by atoms with van der Waals surface area (Å²) in [6.07, 6.45) is 4.04. The van der Waals surface area contributed by atoms with Gasteiger partial charge in [0.05, 0.1) is 42.2 Å². The number of aromatic nitrogens is 3. The van der Waals surface area contributed by atoms with Gasteiger partial charge in [0.1, 0.15) is 0 Å². The Labute approximate surface area is 161 Å². The molecular weight excluding hydrogens is 338 g/mol. The summed E-state index contributed by atoms with van der Waals surface area (Å²) >= 11 is 0. The molecule has 3 aromatic rings. The first kappa shape index (κ1) is 19.4. The predicted molar refractivity (Wildman–Crippen MR) is 110 cm³/mol. The minimum Gasteiger partial charge on any atom is -0.481 e. The van der Waals surface area contributed by atoms with Crippen molar-refractivity contribution in [1.82, 2.24) is 14.5 Å². The number of ether oxygens (including phenoxy) is 2. The van der Waals surface area contributed by atoms with Crippen LogP contribution >= 0.6 is 0 Å². The lowest BCUT2D eigenvalue weighted by molar-refractivity contribution is 0.155. The number of hydrogen-bond acceptors (Lipinski definition) is 4. The van der Waals surface area contributed by atoms with E-state index in [-0.39, 0.29) is 0 Å². The van der Waals surface area contributed by atoms with Crippen molar-refractivity contribution in [1.29, 1.82) is 0 Å². The Balaban J connectivity index is 2.18. The van der Waals surface area contributed by atoms with Crippen molar-refractivity contribution in [2.24, 2.45) is 0 Å². The van der Waals surface area contributed by atoms with E-state index < -0.39 is 0 Å². The van der Waals surface area contributed by atoms with Gasteiger partial charge in [0.15, 0.2) is 0 Å². The predicted octanol–water partition coefficient (Wildman–Crippen LogP) is 4.88. The fourth-order valence-electron chi connectivity index (χ4n) is 3.67. The van der Waals surface area contributed by atoms with Gasteiger partial charge in [0, 0.05) is 24.9 Å². The van der Waals surface area contributed by atoms with Crippen LogP contribution in [0.1, 0.15) is 43.1 Å². The quantitative estimate of drug-likeness (QED) is 0.597. The molecule has 0 spiro atoms. The van der Waals surface area contributed by atoms with Gasteiger partial charge in [-0.15, -0.1) is 0 Å². The van der Waals surface area contributed by atoms with Crippen LogP contribution in [0.4, 0.5) is 0 Å². The van der Waals surface area contributed by atoms with E-state index in [1.807, 2.05) is 6.07 Å². The Morgan fingerprint density at radius 2 is 1.85 bits per heavy atom. The first-order valence-corrected chi connectivity index (χ1v) is 9.55. The summed E-state index contributed by atoms with van der Waals surface area (Å²) in [7, 11) is 3.40. The summed E-state index contributed by atoms with van der Waals surface area (Å²) in [6, 6.07) is 6.53. The zero-order valence-electron chi connectivity index (χ0n) is 17.2. The van der Waals surface area contributed by atoms with Gasteiger partial charge in [-0.2, -0.15) is 0 Å². The third-order valence-corrected chi connectivity index (χ3v) is 5.15. The summed E-state index contributed by atoms with van der Waals surface area (Å²) in [5, 5.41) is 0. The van der Waals surface area contributed by atoms with E-state index in [1.54, 1.807) is 14.2 Å². The lowest BCUT2D eigenvalue weighted by atomic mass is 10.0. The second-order valence-corrected chi connectivity index (χ2v) is 6.96. The molecule has 3 heterocycles. The van der Waals surface area contributed by atoms with Crippen LogP contribution in [0.2, 0.25) is 0 Å². The molecule has 0 aliphatic carbocycles. The molecule has 0 aliphatic rings. The molecule has 0 aromatic carbocycles. The highest BCUT2D eigenvalue weighted by molar-refractivity contribution is 5.84. The van der Waals surface area contributed by atoms with Gasteiger partial charge < -0.3 is 14.0 Å². The summed E-state index contributed by atoms with van der Waals surface area (Å²) < 4.78 is 13.0. The number of pyridine rings is 2. The molecule has 0 bridgehead atoms. The Bertz CT molecular complexity index is 946. The maximum Gasteiger partial charge on any atom is 0.213 e. The molecule has 0 aliphatic heterocycles. The second-order valence-electron chi connectivity index (χ2n) is 6.96. The van der Waals surface area contributed by atoms with Crippen molar-refractivity contribution < 1.29 is 9.47 Å². The fourth-order valence-corrected chi connectivity index (χ4v) is 3.67. The molecule has 5 nitrogen and oxygen atoms in total. The highest BCUT2D eigenvalue weighted by Crippen LogP contribution is 2.32. The summed E-state index contributed by atoms with van der Waals surface area (Å²) in [5.74, 6) is 0.641. The van der Waals surface area contributed by atoms with E-state index in [1.165, 1.54) is 5.56 Å². The highest BCUT2D eigenvalue weighted by Gasteiger charge is 2.18. The van der Waals surface area contributed by atoms with E-state index in [0.29, 0.717) is 18.5 Å². The van der Waals surface area contributed by atoms with Gasteiger partial charge in [-0.3, -0.25) is 0 Å². The smallest absolute Gasteiger partial charge is 0.213 e. The van der Waals surface area contributed by atoms with Gasteiger partial charge in [0.2, 0.25) is 5.88 Å². The molecular formula is C22H29N3O2. The third kappa shape index (κ3) is 3.56. The van der Waals surface area contributed by atoms with Crippen molar-refractivity contribution in [2.75, 3.05) is 20.8 Å². The third-order valence-electron chi connectivity index (χ3n) is 5.15. The van der Waals surface area contributed by atoms with Gasteiger partial charge in [0.25, 0.3) is 0 Å². The number of hydrogen-bond donors (Lipinski definition) is 0. The van der Waals surface area contributed by atoms with Crippen LogP contribution in [-0.4, -0.2) is 35.4 Å². The Kier molecular flexibility index (Phi) is 5.80. The van der Waals surface area contributed by atoms with Crippen LogP contribution < -0.4 is 4.74 Å². The Morgan fingerprint density at radius 3 is 2.48 bits per heavy atom. The van der Waals surface area contributed by atoms with E-state index in [9.17, 15) is 0 Å². The summed E-state index contributed by atoms with van der Waals surface area (Å²) in [4.78, 5) is 9.68. The molecule has 0 fully saturated rings. The minimum absolute atomic E-state index is 0.312. The largest absolute Gasteiger partial charge is 0.481 e. The van der Waals surface area contributed by atoms with E-state index >= 15 is 0 Å². The number of aryl methyl sites for hydroxylation is 3. The number of rotatable bonds is 7. The Hall–Kier alpha value is -2.40. The topological polar surface area (TPSA) is 49.2 Å². The number of fused-ring (bicyclic) bond motifs is 1. The Morgan fingerprint density at radius 1 is 1.07 bits per heavy atom. The van der Waals surface area contributed by atoms with Crippen molar-refractivity contribution in [3.63, 3.8) is 0 Å². The maximum atomic E-state index is 5.42. The molecule has 144 valence electrons. The molecule has 0 unspecified atom stereocenters. The van der Waals surface area contributed by atoms with Crippen LogP contribution in [0.25, 0.3) is 22.3 Å². The van der Waals surface area contributed by atoms with Gasteiger partial charge in [-0.1, -0.05) is 13.8 Å². The van der Waals surface area contributed by atoms with Crippen molar-refractivity contribution in [2.45, 2.75) is 46.6 Å². The minimum atomic E-state index is 0.312. The molecule has 0 amide bonds. The van der Waals surface area contributed by atoms with Crippen LogP contribution in [0, 0.1) is 13.8 Å². The van der Waals surface area contributed by atoms with E-state index in [4.69, 9.17) is 14.5 Å². The SMILES string of the molecule is CCc1nc(OC)ccc1-c1nc2c(C)cn([C@H](CC)COC)c2cc1C. The lowest BCUT2D eigenvalue weighted by Gasteiger charge is -2.18. The van der Waals surface area contributed by atoms with Crippen molar-refractivity contribution in [3.8, 4) is 17.1 Å². The molecule has 3 aromatic heterocycles. The summed E-state index contributed by atoms with van der Waals surface area (Å²) in [5.41, 5.74) is 7.62. The number of nitrogens with zero attached hydrogens (tertiary/aromatic N) is 3.